The summed E-state index contributed by atoms with van der Waals surface area (Å²) in [6, 6.07) is 1.27. The van der Waals surface area contributed by atoms with E-state index in [1.165, 1.54) is 16.9 Å². The molecule has 8 nitrogen and oxygen atoms in total. The van der Waals surface area contributed by atoms with Gasteiger partial charge in [-0.1, -0.05) is 0 Å². The number of aliphatic carboxylic acids is 1. The minimum Gasteiger partial charge on any atom is -0.480 e. The Hall–Kier alpha value is -2.64. The lowest BCUT2D eigenvalue weighted by Crippen LogP contribution is -2.27. The molecule has 0 aliphatic heterocycles. The van der Waals surface area contributed by atoms with Gasteiger partial charge in [0.2, 0.25) is 0 Å². The number of amides is 1. The van der Waals surface area contributed by atoms with Crippen LogP contribution in [0.4, 0.5) is 0 Å². The Morgan fingerprint density at radius 1 is 1.43 bits per heavy atom. The molecule has 2 N–H and O–H groups in total. The van der Waals surface area contributed by atoms with Crippen LogP contribution >= 0.6 is 0 Å². The molecule has 0 aromatic carbocycles. The first kappa shape index (κ1) is 14.8. The van der Waals surface area contributed by atoms with E-state index in [-0.39, 0.29) is 24.2 Å². The van der Waals surface area contributed by atoms with E-state index >= 15 is 0 Å². The van der Waals surface area contributed by atoms with Gasteiger partial charge in [-0.3, -0.25) is 19.0 Å². The molecule has 8 heteroatoms. The predicted molar refractivity (Wildman–Crippen MR) is 73.7 cm³/mol. The van der Waals surface area contributed by atoms with E-state index in [1.54, 1.807) is 4.68 Å². The molecule has 0 fully saturated rings. The number of carbonyl (C=O) groups is 2. The van der Waals surface area contributed by atoms with E-state index < -0.39 is 5.97 Å². The van der Waals surface area contributed by atoms with Crippen LogP contribution in [-0.4, -0.2) is 36.5 Å². The number of hydrogen-bond donors (Lipinski definition) is 2. The summed E-state index contributed by atoms with van der Waals surface area (Å²) in [5.41, 5.74) is 1.96. The third-order valence-corrected chi connectivity index (χ3v) is 3.04. The molecule has 2 aromatic heterocycles. The molecular weight excluding hydrogens is 274 g/mol. The lowest BCUT2D eigenvalue weighted by Gasteiger charge is -2.11. The molecule has 1 unspecified atom stereocenters. The summed E-state index contributed by atoms with van der Waals surface area (Å²) in [7, 11) is 1.82. The van der Waals surface area contributed by atoms with Crippen LogP contribution in [0, 0.1) is 6.92 Å². The van der Waals surface area contributed by atoms with E-state index in [0.717, 1.165) is 11.3 Å². The summed E-state index contributed by atoms with van der Waals surface area (Å²) in [4.78, 5) is 22.7. The Balaban J connectivity index is 2.05. The summed E-state index contributed by atoms with van der Waals surface area (Å²) in [5.74, 6) is -1.36. The molecule has 112 valence electrons. The fraction of sp³-hybridized carbons (Fsp3) is 0.385. The van der Waals surface area contributed by atoms with Gasteiger partial charge in [-0.05, 0) is 19.9 Å². The number of aromatic nitrogens is 4. The zero-order valence-corrected chi connectivity index (χ0v) is 12.1. The molecule has 1 amide bonds. The fourth-order valence-corrected chi connectivity index (χ4v) is 2.10. The molecule has 2 heterocycles. The van der Waals surface area contributed by atoms with Gasteiger partial charge in [-0.25, -0.2) is 0 Å². The molecule has 1 atom stereocenters. The van der Waals surface area contributed by atoms with Crippen molar-refractivity contribution in [2.75, 3.05) is 0 Å². The van der Waals surface area contributed by atoms with Crippen molar-refractivity contribution < 1.29 is 14.7 Å². The monoisotopic (exact) mass is 291 g/mol. The Morgan fingerprint density at radius 3 is 2.71 bits per heavy atom. The second kappa shape index (κ2) is 5.78. The van der Waals surface area contributed by atoms with Crippen molar-refractivity contribution in [2.24, 2.45) is 7.05 Å². The van der Waals surface area contributed by atoms with E-state index in [2.05, 4.69) is 15.5 Å². The molecule has 0 bridgehead atoms. The molecule has 0 aliphatic rings. The van der Waals surface area contributed by atoms with Crippen LogP contribution in [0.2, 0.25) is 0 Å². The quantitative estimate of drug-likeness (QED) is 0.835. The number of carboxylic acids is 1. The van der Waals surface area contributed by atoms with Crippen molar-refractivity contribution in [2.45, 2.75) is 26.4 Å². The van der Waals surface area contributed by atoms with Crippen molar-refractivity contribution in [3.8, 4) is 0 Å². The van der Waals surface area contributed by atoms with Crippen LogP contribution in [-0.2, 0) is 18.4 Å². The SMILES string of the molecule is Cc1nn(C)cc1C(C)NC(=O)c1ccn(CC(=O)O)n1. The third-order valence-electron chi connectivity index (χ3n) is 3.04. The van der Waals surface area contributed by atoms with Gasteiger partial charge in [-0.2, -0.15) is 10.2 Å². The predicted octanol–water partition coefficient (Wildman–Crippen LogP) is 0.501. The number of hydrogen-bond acceptors (Lipinski definition) is 4. The molecule has 0 radical (unpaired) electrons. The van der Waals surface area contributed by atoms with Gasteiger partial charge in [0.1, 0.15) is 12.2 Å². The maximum Gasteiger partial charge on any atom is 0.325 e. The van der Waals surface area contributed by atoms with Gasteiger partial charge < -0.3 is 10.4 Å². The highest BCUT2D eigenvalue weighted by Crippen LogP contribution is 2.15. The number of carbonyl (C=O) groups excluding carboxylic acids is 1. The minimum atomic E-state index is -1.01. The zero-order valence-electron chi connectivity index (χ0n) is 12.1. The highest BCUT2D eigenvalue weighted by molar-refractivity contribution is 5.92. The van der Waals surface area contributed by atoms with Crippen molar-refractivity contribution >= 4 is 11.9 Å². The lowest BCUT2D eigenvalue weighted by molar-refractivity contribution is -0.137. The lowest BCUT2D eigenvalue weighted by atomic mass is 10.1. The van der Waals surface area contributed by atoms with Crippen LogP contribution in [0.25, 0.3) is 0 Å². The van der Waals surface area contributed by atoms with Crippen LogP contribution in [0.5, 0.6) is 0 Å². The normalized spacial score (nSPS) is 12.1. The smallest absolute Gasteiger partial charge is 0.325 e. The molecule has 0 saturated heterocycles. The van der Waals surface area contributed by atoms with Gasteiger partial charge >= 0.3 is 5.97 Å². The largest absolute Gasteiger partial charge is 0.480 e. The van der Waals surface area contributed by atoms with Crippen molar-refractivity contribution in [3.63, 3.8) is 0 Å². The maximum atomic E-state index is 12.1. The first-order valence-corrected chi connectivity index (χ1v) is 6.43. The first-order valence-electron chi connectivity index (χ1n) is 6.43. The van der Waals surface area contributed by atoms with Crippen molar-refractivity contribution in [1.82, 2.24) is 24.9 Å². The summed E-state index contributed by atoms with van der Waals surface area (Å²) in [5, 5.41) is 19.6. The first-order chi connectivity index (χ1) is 9.86. The van der Waals surface area contributed by atoms with Gasteiger partial charge in [0.05, 0.1) is 11.7 Å². The second-order valence-electron chi connectivity index (χ2n) is 4.83. The molecule has 0 spiro atoms. The van der Waals surface area contributed by atoms with E-state index in [1.807, 2.05) is 27.1 Å². The van der Waals surface area contributed by atoms with Gasteiger partial charge in [0.15, 0.2) is 0 Å². The Bertz CT molecular complexity index is 673. The zero-order chi connectivity index (χ0) is 15.6. The van der Waals surface area contributed by atoms with Gasteiger partial charge in [-0.15, -0.1) is 0 Å². The number of nitrogens with one attached hydrogen (secondary N) is 1. The molecule has 2 aromatic rings. The minimum absolute atomic E-state index is 0.185. The third kappa shape index (κ3) is 3.47. The average Bonchev–Trinajstić information content (AvgIpc) is 2.95. The maximum absolute atomic E-state index is 12.1. The topological polar surface area (TPSA) is 102 Å². The standard InChI is InChI=1S/C13H17N5O3/c1-8(10-6-17(3)15-9(10)2)14-13(21)11-4-5-18(16-11)7-12(19)20/h4-6,8H,7H2,1-3H3,(H,14,21)(H,19,20). The summed E-state index contributed by atoms with van der Waals surface area (Å²) < 4.78 is 2.89. The molecule has 21 heavy (non-hydrogen) atoms. The van der Waals surface area contributed by atoms with E-state index in [0.29, 0.717) is 0 Å². The number of aryl methyl sites for hydroxylation is 2. The van der Waals surface area contributed by atoms with Crippen LogP contribution in [0.1, 0.15) is 34.7 Å². The van der Waals surface area contributed by atoms with Crippen molar-refractivity contribution in [3.05, 3.63) is 35.4 Å². The van der Waals surface area contributed by atoms with Crippen LogP contribution in [0.3, 0.4) is 0 Å². The molecular formula is C13H17N5O3. The Morgan fingerprint density at radius 2 is 2.14 bits per heavy atom. The van der Waals surface area contributed by atoms with E-state index in [4.69, 9.17) is 5.11 Å². The fourth-order valence-electron chi connectivity index (χ4n) is 2.10. The summed E-state index contributed by atoms with van der Waals surface area (Å²) >= 11 is 0. The number of nitrogens with zero attached hydrogens (tertiary/aromatic N) is 4. The Labute approximate surface area is 121 Å². The van der Waals surface area contributed by atoms with E-state index in [9.17, 15) is 9.59 Å². The molecule has 0 saturated carbocycles. The summed E-state index contributed by atoms with van der Waals surface area (Å²) in [6.07, 6.45) is 3.31. The Kier molecular flexibility index (Phi) is 4.06. The highest BCUT2D eigenvalue weighted by atomic mass is 16.4. The van der Waals surface area contributed by atoms with Crippen LogP contribution in [0.15, 0.2) is 18.5 Å². The van der Waals surface area contributed by atoms with Gasteiger partial charge in [0.25, 0.3) is 5.91 Å². The van der Waals surface area contributed by atoms with Crippen molar-refractivity contribution in [1.29, 1.82) is 0 Å². The highest BCUT2D eigenvalue weighted by Gasteiger charge is 2.17. The van der Waals surface area contributed by atoms with Gasteiger partial charge in [0, 0.05) is 25.0 Å². The molecule has 2 rings (SSSR count). The number of rotatable bonds is 5. The van der Waals surface area contributed by atoms with Crippen LogP contribution < -0.4 is 5.32 Å². The summed E-state index contributed by atoms with van der Waals surface area (Å²) in [6.45, 7) is 3.46. The molecule has 0 aliphatic carbocycles. The number of carboxylic acid groups (broad SMARTS) is 1. The second-order valence-corrected chi connectivity index (χ2v) is 4.83. The average molecular weight is 291 g/mol.